The van der Waals surface area contributed by atoms with Gasteiger partial charge in [0.15, 0.2) is 0 Å². The molecule has 0 aromatic carbocycles. The summed E-state index contributed by atoms with van der Waals surface area (Å²) in [6.07, 6.45) is 0.921. The zero-order valence-corrected chi connectivity index (χ0v) is 8.95. The Morgan fingerprint density at radius 3 is 2.36 bits per heavy atom. The van der Waals surface area contributed by atoms with Crippen LogP contribution in [0.2, 0.25) is 0 Å². The summed E-state index contributed by atoms with van der Waals surface area (Å²) < 4.78 is 2.18. The van der Waals surface area contributed by atoms with E-state index in [1.165, 1.54) is 11.4 Å². The van der Waals surface area contributed by atoms with Crippen molar-refractivity contribution >= 4 is 5.97 Å². The molecular formula is C11H17NO2. The van der Waals surface area contributed by atoms with Crippen LogP contribution in [-0.2, 0) is 4.79 Å². The molecule has 3 nitrogen and oxygen atoms in total. The van der Waals surface area contributed by atoms with E-state index in [9.17, 15) is 4.79 Å². The summed E-state index contributed by atoms with van der Waals surface area (Å²) in [7, 11) is 0. The van der Waals surface area contributed by atoms with Crippen molar-refractivity contribution in [1.29, 1.82) is 0 Å². The molecule has 0 aliphatic rings. The summed E-state index contributed by atoms with van der Waals surface area (Å²) in [6.45, 7) is 6.15. The monoisotopic (exact) mass is 195 g/mol. The Morgan fingerprint density at radius 2 is 1.93 bits per heavy atom. The van der Waals surface area contributed by atoms with Crippen molar-refractivity contribution in [2.24, 2.45) is 0 Å². The van der Waals surface area contributed by atoms with Crippen molar-refractivity contribution in [3.05, 3.63) is 23.5 Å². The highest BCUT2D eigenvalue weighted by atomic mass is 16.4. The average Bonchev–Trinajstić information content (AvgIpc) is 2.42. The van der Waals surface area contributed by atoms with Gasteiger partial charge in [-0.05, 0) is 39.3 Å². The molecule has 0 aliphatic carbocycles. The first-order valence-corrected chi connectivity index (χ1v) is 4.88. The minimum Gasteiger partial charge on any atom is -0.481 e. The molecule has 14 heavy (non-hydrogen) atoms. The van der Waals surface area contributed by atoms with Crippen LogP contribution in [0, 0.1) is 13.8 Å². The second-order valence-electron chi connectivity index (χ2n) is 3.77. The molecule has 1 rings (SSSR count). The Labute approximate surface area is 84.4 Å². The lowest BCUT2D eigenvalue weighted by atomic mass is 10.1. The summed E-state index contributed by atoms with van der Waals surface area (Å²) in [6, 6.07) is 4.39. The summed E-state index contributed by atoms with van der Waals surface area (Å²) in [5.74, 6) is -0.723. The number of carboxylic acids is 1. The molecule has 1 heterocycles. The highest BCUT2D eigenvalue weighted by Gasteiger charge is 2.10. The van der Waals surface area contributed by atoms with Crippen LogP contribution < -0.4 is 0 Å². The van der Waals surface area contributed by atoms with Gasteiger partial charge in [0, 0.05) is 23.9 Å². The Hall–Kier alpha value is -1.25. The van der Waals surface area contributed by atoms with Crippen LogP contribution >= 0.6 is 0 Å². The maximum atomic E-state index is 10.4. The lowest BCUT2D eigenvalue weighted by Crippen LogP contribution is -2.10. The summed E-state index contributed by atoms with van der Waals surface area (Å²) in [5, 5.41) is 8.59. The van der Waals surface area contributed by atoms with Gasteiger partial charge in [-0.25, -0.2) is 0 Å². The zero-order valence-electron chi connectivity index (χ0n) is 8.95. The van der Waals surface area contributed by atoms with Gasteiger partial charge in [-0.1, -0.05) is 0 Å². The minimum absolute atomic E-state index is 0.234. The average molecular weight is 195 g/mol. The van der Waals surface area contributed by atoms with E-state index in [0.717, 1.165) is 0 Å². The van der Waals surface area contributed by atoms with Gasteiger partial charge in [-0.2, -0.15) is 0 Å². The van der Waals surface area contributed by atoms with Crippen LogP contribution in [0.15, 0.2) is 12.1 Å². The van der Waals surface area contributed by atoms with Crippen molar-refractivity contribution in [2.45, 2.75) is 39.7 Å². The highest BCUT2D eigenvalue weighted by molar-refractivity contribution is 5.66. The molecule has 1 atom stereocenters. The first kappa shape index (κ1) is 10.8. The largest absolute Gasteiger partial charge is 0.481 e. The Balaban J connectivity index is 2.69. The molecule has 3 heteroatoms. The number of rotatable bonds is 4. The Kier molecular flexibility index (Phi) is 3.33. The number of aryl methyl sites for hydroxylation is 2. The van der Waals surface area contributed by atoms with Crippen molar-refractivity contribution in [1.82, 2.24) is 4.57 Å². The number of hydrogen-bond donors (Lipinski definition) is 1. The molecule has 0 saturated carbocycles. The molecule has 78 valence electrons. The molecular weight excluding hydrogens is 178 g/mol. The smallest absolute Gasteiger partial charge is 0.303 e. The van der Waals surface area contributed by atoms with E-state index in [0.29, 0.717) is 6.42 Å². The van der Waals surface area contributed by atoms with Crippen LogP contribution in [0.5, 0.6) is 0 Å². The lowest BCUT2D eigenvalue weighted by molar-refractivity contribution is -0.137. The number of carbonyl (C=O) groups is 1. The van der Waals surface area contributed by atoms with Crippen LogP contribution in [0.3, 0.4) is 0 Å². The van der Waals surface area contributed by atoms with E-state index in [4.69, 9.17) is 5.11 Å². The van der Waals surface area contributed by atoms with E-state index >= 15 is 0 Å². The number of nitrogens with zero attached hydrogens (tertiary/aromatic N) is 1. The standard InChI is InChI=1S/C11H17NO2/c1-8-4-5-9(2)12(8)10(3)6-7-11(13)14/h4-5,10H,6-7H2,1-3H3,(H,13,14). The van der Waals surface area contributed by atoms with Gasteiger partial charge >= 0.3 is 5.97 Å². The predicted octanol–water partition coefficient (Wildman–Crippen LogP) is 2.53. The Morgan fingerprint density at radius 1 is 1.43 bits per heavy atom. The predicted molar refractivity (Wildman–Crippen MR) is 55.5 cm³/mol. The fraction of sp³-hybridized carbons (Fsp3) is 0.545. The first-order valence-electron chi connectivity index (χ1n) is 4.88. The van der Waals surface area contributed by atoms with E-state index in [1.807, 2.05) is 13.8 Å². The van der Waals surface area contributed by atoms with Crippen molar-refractivity contribution in [3.8, 4) is 0 Å². The molecule has 0 fully saturated rings. The van der Waals surface area contributed by atoms with Crippen molar-refractivity contribution in [2.75, 3.05) is 0 Å². The second-order valence-corrected chi connectivity index (χ2v) is 3.77. The van der Waals surface area contributed by atoms with Crippen LogP contribution in [-0.4, -0.2) is 15.6 Å². The molecule has 1 aromatic heterocycles. The summed E-state index contributed by atoms with van der Waals surface area (Å²) >= 11 is 0. The van der Waals surface area contributed by atoms with E-state index < -0.39 is 5.97 Å². The molecule has 0 bridgehead atoms. The van der Waals surface area contributed by atoms with E-state index in [2.05, 4.69) is 23.6 Å². The lowest BCUT2D eigenvalue weighted by Gasteiger charge is -2.17. The number of carboxylic acid groups (broad SMARTS) is 1. The third kappa shape index (κ3) is 2.37. The van der Waals surface area contributed by atoms with Gasteiger partial charge in [0.25, 0.3) is 0 Å². The third-order valence-electron chi connectivity index (χ3n) is 2.54. The fourth-order valence-electron chi connectivity index (χ4n) is 1.84. The molecule has 0 radical (unpaired) electrons. The summed E-state index contributed by atoms with van der Waals surface area (Å²) in [5.41, 5.74) is 2.39. The van der Waals surface area contributed by atoms with Crippen molar-refractivity contribution in [3.63, 3.8) is 0 Å². The van der Waals surface area contributed by atoms with Gasteiger partial charge in [0.2, 0.25) is 0 Å². The number of hydrogen-bond acceptors (Lipinski definition) is 1. The first-order chi connectivity index (χ1) is 6.52. The van der Waals surface area contributed by atoms with Crippen molar-refractivity contribution < 1.29 is 9.90 Å². The van der Waals surface area contributed by atoms with Gasteiger partial charge in [-0.3, -0.25) is 4.79 Å². The summed E-state index contributed by atoms with van der Waals surface area (Å²) in [4.78, 5) is 10.4. The van der Waals surface area contributed by atoms with Gasteiger partial charge in [-0.15, -0.1) is 0 Å². The van der Waals surface area contributed by atoms with Crippen LogP contribution in [0.25, 0.3) is 0 Å². The zero-order chi connectivity index (χ0) is 10.7. The maximum absolute atomic E-state index is 10.4. The molecule has 0 amide bonds. The fourth-order valence-corrected chi connectivity index (χ4v) is 1.84. The minimum atomic E-state index is -0.723. The van der Waals surface area contributed by atoms with Gasteiger partial charge < -0.3 is 9.67 Å². The number of aromatic nitrogens is 1. The number of aliphatic carboxylic acids is 1. The van der Waals surface area contributed by atoms with Gasteiger partial charge in [0.05, 0.1) is 0 Å². The molecule has 1 aromatic rings. The maximum Gasteiger partial charge on any atom is 0.303 e. The van der Waals surface area contributed by atoms with Crippen LogP contribution in [0.4, 0.5) is 0 Å². The van der Waals surface area contributed by atoms with Crippen LogP contribution in [0.1, 0.15) is 37.2 Å². The third-order valence-corrected chi connectivity index (χ3v) is 2.54. The van der Waals surface area contributed by atoms with Gasteiger partial charge in [0.1, 0.15) is 0 Å². The molecule has 0 aliphatic heterocycles. The topological polar surface area (TPSA) is 42.2 Å². The molecule has 0 spiro atoms. The molecule has 1 unspecified atom stereocenters. The van der Waals surface area contributed by atoms with E-state index in [1.54, 1.807) is 0 Å². The molecule has 0 saturated heterocycles. The normalized spacial score (nSPS) is 12.8. The SMILES string of the molecule is Cc1ccc(C)n1C(C)CCC(=O)O. The molecule has 1 N–H and O–H groups in total. The quantitative estimate of drug-likeness (QED) is 0.802. The second kappa shape index (κ2) is 4.31. The highest BCUT2D eigenvalue weighted by Crippen LogP contribution is 2.19. The Bertz CT molecular complexity index is 309. The van der Waals surface area contributed by atoms with E-state index in [-0.39, 0.29) is 12.5 Å².